The zero-order valence-electron chi connectivity index (χ0n) is 16.3. The Balaban J connectivity index is 1.76. The van der Waals surface area contributed by atoms with Gasteiger partial charge in [-0.2, -0.15) is 18.4 Å². The number of nitriles is 1. The third kappa shape index (κ3) is 4.09. The predicted molar refractivity (Wildman–Crippen MR) is 113 cm³/mol. The van der Waals surface area contributed by atoms with E-state index in [1.165, 1.54) is 0 Å². The van der Waals surface area contributed by atoms with Crippen molar-refractivity contribution >= 4 is 29.3 Å². The molecule has 0 radical (unpaired) electrons. The van der Waals surface area contributed by atoms with Gasteiger partial charge < -0.3 is 0 Å². The first-order valence-corrected chi connectivity index (χ1v) is 10.3. The molecule has 1 atom stereocenters. The lowest BCUT2D eigenvalue weighted by Crippen LogP contribution is -2.31. The van der Waals surface area contributed by atoms with Crippen LogP contribution in [0.15, 0.2) is 71.8 Å². The molecule has 2 aromatic carbocycles. The van der Waals surface area contributed by atoms with Crippen LogP contribution in [0.4, 0.5) is 18.9 Å². The van der Waals surface area contributed by atoms with Gasteiger partial charge >= 0.3 is 6.18 Å². The molecular formula is C23H14F3N3O2S. The number of hydrogen-bond acceptors (Lipinski definition) is 5. The van der Waals surface area contributed by atoms with Crippen molar-refractivity contribution in [2.45, 2.75) is 22.9 Å². The standard InChI is InChI=1S/C23H14F3N3O2S/c24-23(25,26)17-11-18(14-7-3-1-4-8-14)28-21(16(17)13-27)32-19-12-20(30)29(22(19)31)15-9-5-2-6-10-15/h1-11,19H,12H2/t19-/m1/s1. The van der Waals surface area contributed by atoms with Gasteiger partial charge in [0.25, 0.3) is 0 Å². The molecule has 1 aliphatic rings. The first-order valence-electron chi connectivity index (χ1n) is 9.46. The lowest BCUT2D eigenvalue weighted by molar-refractivity contribution is -0.138. The van der Waals surface area contributed by atoms with Crippen LogP contribution < -0.4 is 4.90 Å². The molecule has 0 saturated carbocycles. The number of carbonyl (C=O) groups excluding carboxylic acids is 2. The number of amides is 2. The highest BCUT2D eigenvalue weighted by molar-refractivity contribution is 8.00. The molecule has 1 fully saturated rings. The summed E-state index contributed by atoms with van der Waals surface area (Å²) in [6, 6.07) is 18.9. The zero-order valence-corrected chi connectivity index (χ0v) is 17.2. The summed E-state index contributed by atoms with van der Waals surface area (Å²) in [5, 5.41) is 8.25. The van der Waals surface area contributed by atoms with E-state index >= 15 is 0 Å². The zero-order chi connectivity index (χ0) is 22.9. The summed E-state index contributed by atoms with van der Waals surface area (Å²) in [4.78, 5) is 30.7. The van der Waals surface area contributed by atoms with Gasteiger partial charge in [0.15, 0.2) is 0 Å². The fourth-order valence-corrected chi connectivity index (χ4v) is 4.50. The molecule has 0 bridgehead atoms. The summed E-state index contributed by atoms with van der Waals surface area (Å²) < 4.78 is 41.2. The van der Waals surface area contributed by atoms with E-state index in [9.17, 15) is 28.0 Å². The van der Waals surface area contributed by atoms with Gasteiger partial charge in [-0.1, -0.05) is 60.3 Å². The smallest absolute Gasteiger partial charge is 0.274 e. The van der Waals surface area contributed by atoms with Crippen molar-refractivity contribution in [3.8, 4) is 17.3 Å². The lowest BCUT2D eigenvalue weighted by atomic mass is 10.1. The number of nitrogens with zero attached hydrogens (tertiary/aromatic N) is 3. The van der Waals surface area contributed by atoms with Crippen molar-refractivity contribution in [3.05, 3.63) is 77.9 Å². The molecule has 3 aromatic rings. The maximum Gasteiger partial charge on any atom is 0.417 e. The molecule has 2 heterocycles. The number of halogens is 3. The first kappa shape index (κ1) is 21.6. The molecule has 2 amide bonds. The highest BCUT2D eigenvalue weighted by Gasteiger charge is 2.42. The topological polar surface area (TPSA) is 74.1 Å². The largest absolute Gasteiger partial charge is 0.417 e. The number of thioether (sulfide) groups is 1. The summed E-state index contributed by atoms with van der Waals surface area (Å²) in [7, 11) is 0. The summed E-state index contributed by atoms with van der Waals surface area (Å²) in [6.07, 6.45) is -5.00. The monoisotopic (exact) mass is 453 g/mol. The minimum Gasteiger partial charge on any atom is -0.274 e. The Kier molecular flexibility index (Phi) is 5.72. The second-order valence-corrected chi connectivity index (χ2v) is 8.12. The SMILES string of the molecule is N#Cc1c(C(F)(F)F)cc(-c2ccccc2)nc1S[C@@H]1CC(=O)N(c2ccccc2)C1=O. The van der Waals surface area contributed by atoms with Crippen LogP contribution in [-0.2, 0) is 15.8 Å². The number of para-hydroxylation sites is 1. The summed E-state index contributed by atoms with van der Waals surface area (Å²) in [5.41, 5.74) is -0.957. The fourth-order valence-electron chi connectivity index (χ4n) is 3.37. The number of carbonyl (C=O) groups is 2. The van der Waals surface area contributed by atoms with Crippen molar-refractivity contribution in [1.29, 1.82) is 5.26 Å². The van der Waals surface area contributed by atoms with E-state index in [1.54, 1.807) is 66.7 Å². The summed E-state index contributed by atoms with van der Waals surface area (Å²) in [5.74, 6) is -1.02. The Morgan fingerprint density at radius 3 is 2.25 bits per heavy atom. The second-order valence-electron chi connectivity index (χ2n) is 6.92. The quantitative estimate of drug-likeness (QED) is 0.516. The Morgan fingerprint density at radius 1 is 1.03 bits per heavy atom. The van der Waals surface area contributed by atoms with Crippen molar-refractivity contribution in [2.24, 2.45) is 0 Å². The molecule has 1 aliphatic heterocycles. The van der Waals surface area contributed by atoms with Gasteiger partial charge in [0, 0.05) is 12.0 Å². The number of hydrogen-bond donors (Lipinski definition) is 0. The van der Waals surface area contributed by atoms with E-state index in [4.69, 9.17) is 0 Å². The Bertz CT molecular complexity index is 1220. The number of alkyl halides is 3. The average molecular weight is 453 g/mol. The summed E-state index contributed by atoms with van der Waals surface area (Å²) >= 11 is 0.706. The minimum atomic E-state index is -4.79. The number of pyridine rings is 1. The van der Waals surface area contributed by atoms with Gasteiger partial charge in [-0.25, -0.2) is 9.88 Å². The Morgan fingerprint density at radius 2 is 1.66 bits per heavy atom. The number of rotatable bonds is 4. The normalized spacial score (nSPS) is 16.3. The molecule has 0 aliphatic carbocycles. The van der Waals surface area contributed by atoms with Gasteiger partial charge in [-0.05, 0) is 18.2 Å². The van der Waals surface area contributed by atoms with E-state index in [0.29, 0.717) is 23.0 Å². The van der Waals surface area contributed by atoms with Crippen LogP contribution in [0.25, 0.3) is 11.3 Å². The molecule has 1 saturated heterocycles. The molecule has 1 aromatic heterocycles. The molecule has 32 heavy (non-hydrogen) atoms. The maximum absolute atomic E-state index is 13.7. The summed E-state index contributed by atoms with van der Waals surface area (Å²) in [6.45, 7) is 0. The van der Waals surface area contributed by atoms with Crippen molar-refractivity contribution in [1.82, 2.24) is 4.98 Å². The number of benzene rings is 2. The molecular weight excluding hydrogens is 439 g/mol. The van der Waals surface area contributed by atoms with Crippen LogP contribution in [0.5, 0.6) is 0 Å². The molecule has 4 rings (SSSR count). The van der Waals surface area contributed by atoms with E-state index in [-0.39, 0.29) is 17.1 Å². The predicted octanol–water partition coefficient (Wildman–Crippen LogP) is 5.06. The Labute approximate surface area is 185 Å². The molecule has 0 spiro atoms. The second kappa shape index (κ2) is 8.48. The van der Waals surface area contributed by atoms with Gasteiger partial charge in [0.05, 0.1) is 27.8 Å². The number of imide groups is 1. The van der Waals surface area contributed by atoms with Gasteiger partial charge in [0.1, 0.15) is 11.1 Å². The number of anilines is 1. The number of aromatic nitrogens is 1. The van der Waals surface area contributed by atoms with Gasteiger partial charge in [-0.3, -0.25) is 9.59 Å². The highest BCUT2D eigenvalue weighted by Crippen LogP contribution is 2.41. The maximum atomic E-state index is 13.7. The third-order valence-corrected chi connectivity index (χ3v) is 6.02. The van der Waals surface area contributed by atoms with Crippen molar-refractivity contribution in [2.75, 3.05) is 4.90 Å². The molecule has 0 unspecified atom stereocenters. The molecule has 9 heteroatoms. The van der Waals surface area contributed by atoms with E-state index in [1.807, 2.05) is 0 Å². The minimum absolute atomic E-state index is 0.0242. The fraction of sp³-hybridized carbons (Fsp3) is 0.130. The van der Waals surface area contributed by atoms with Crippen LogP contribution in [0, 0.1) is 11.3 Å². The van der Waals surface area contributed by atoms with E-state index in [0.717, 1.165) is 11.0 Å². The average Bonchev–Trinajstić information content (AvgIpc) is 3.06. The lowest BCUT2D eigenvalue weighted by Gasteiger charge is -2.17. The van der Waals surface area contributed by atoms with Crippen LogP contribution in [-0.4, -0.2) is 22.0 Å². The molecule has 0 N–H and O–H groups in total. The third-order valence-electron chi connectivity index (χ3n) is 4.85. The van der Waals surface area contributed by atoms with Crippen molar-refractivity contribution in [3.63, 3.8) is 0 Å². The molecule has 160 valence electrons. The van der Waals surface area contributed by atoms with E-state index in [2.05, 4.69) is 4.98 Å². The van der Waals surface area contributed by atoms with Crippen LogP contribution in [0.1, 0.15) is 17.5 Å². The van der Waals surface area contributed by atoms with Crippen LogP contribution in [0.2, 0.25) is 0 Å². The van der Waals surface area contributed by atoms with E-state index < -0.39 is 34.4 Å². The van der Waals surface area contributed by atoms with Gasteiger partial charge in [0.2, 0.25) is 11.8 Å². The molecule has 5 nitrogen and oxygen atoms in total. The highest BCUT2D eigenvalue weighted by atomic mass is 32.2. The first-order chi connectivity index (χ1) is 15.3. The van der Waals surface area contributed by atoms with Crippen LogP contribution >= 0.6 is 11.8 Å². The van der Waals surface area contributed by atoms with Crippen LogP contribution in [0.3, 0.4) is 0 Å². The Hall–Kier alpha value is -3.64. The van der Waals surface area contributed by atoms with Gasteiger partial charge in [-0.15, -0.1) is 0 Å². The van der Waals surface area contributed by atoms with Crippen molar-refractivity contribution < 1.29 is 22.8 Å².